The molecule has 0 aliphatic carbocycles. The molecule has 29 heavy (non-hydrogen) atoms. The number of nitrogens with one attached hydrogen (secondary N) is 1. The zero-order chi connectivity index (χ0) is 21.0. The predicted molar refractivity (Wildman–Crippen MR) is 117 cm³/mol. The Bertz CT molecular complexity index is 967. The topological polar surface area (TPSA) is 92.3 Å². The van der Waals surface area contributed by atoms with Gasteiger partial charge in [-0.05, 0) is 43.4 Å². The maximum atomic E-state index is 13.0. The average molecular weight is 455 g/mol. The van der Waals surface area contributed by atoms with Crippen molar-refractivity contribution in [1.82, 2.24) is 14.5 Å². The maximum Gasteiger partial charge on any atom is 0.257 e. The molecule has 2 aromatic rings. The van der Waals surface area contributed by atoms with Crippen molar-refractivity contribution in [3.05, 3.63) is 29.3 Å². The van der Waals surface area contributed by atoms with Crippen molar-refractivity contribution in [2.24, 2.45) is 5.92 Å². The van der Waals surface area contributed by atoms with Crippen LogP contribution < -0.4 is 5.32 Å². The van der Waals surface area contributed by atoms with E-state index >= 15 is 0 Å². The number of piperidine rings is 1. The van der Waals surface area contributed by atoms with Gasteiger partial charge in [0.2, 0.25) is 15.2 Å². The molecular weight excluding hydrogens is 428 g/mol. The van der Waals surface area contributed by atoms with Gasteiger partial charge in [-0.15, -0.1) is 10.2 Å². The van der Waals surface area contributed by atoms with Crippen LogP contribution in [0.2, 0.25) is 0 Å². The molecule has 1 saturated heterocycles. The second-order valence-electron chi connectivity index (χ2n) is 7.48. The van der Waals surface area contributed by atoms with Gasteiger partial charge in [0, 0.05) is 24.4 Å². The van der Waals surface area contributed by atoms with E-state index in [0.717, 1.165) is 29.4 Å². The van der Waals surface area contributed by atoms with Crippen molar-refractivity contribution in [2.75, 3.05) is 24.2 Å². The number of anilines is 1. The fourth-order valence-electron chi connectivity index (χ4n) is 2.99. The second-order valence-corrected chi connectivity index (χ2v) is 11.6. The number of aromatic nitrogens is 2. The molecule has 1 N–H and O–H groups in total. The molecule has 0 radical (unpaired) electrons. The molecule has 1 fully saturated rings. The van der Waals surface area contributed by atoms with Crippen molar-refractivity contribution in [3.8, 4) is 0 Å². The number of rotatable bonds is 7. The Morgan fingerprint density at radius 1 is 1.24 bits per heavy atom. The van der Waals surface area contributed by atoms with Gasteiger partial charge in [-0.25, -0.2) is 8.42 Å². The summed E-state index contributed by atoms with van der Waals surface area (Å²) in [4.78, 5) is 12.9. The first-order chi connectivity index (χ1) is 13.8. The lowest BCUT2D eigenvalue weighted by Gasteiger charge is -2.26. The van der Waals surface area contributed by atoms with Gasteiger partial charge >= 0.3 is 0 Å². The van der Waals surface area contributed by atoms with E-state index in [1.54, 1.807) is 30.8 Å². The van der Waals surface area contributed by atoms with Crippen LogP contribution >= 0.6 is 23.1 Å². The number of benzene rings is 1. The van der Waals surface area contributed by atoms with Crippen LogP contribution in [0.4, 0.5) is 5.13 Å². The molecule has 158 valence electrons. The van der Waals surface area contributed by atoms with E-state index in [2.05, 4.69) is 29.4 Å². The van der Waals surface area contributed by atoms with Gasteiger partial charge < -0.3 is 0 Å². The van der Waals surface area contributed by atoms with Crippen LogP contribution in [0.1, 0.15) is 49.0 Å². The van der Waals surface area contributed by atoms with Crippen LogP contribution in [-0.4, -0.2) is 47.7 Å². The monoisotopic (exact) mass is 454 g/mol. The number of carbonyl (C=O) groups is 1. The minimum atomic E-state index is -3.61. The van der Waals surface area contributed by atoms with Crippen LogP contribution in [0.15, 0.2) is 27.4 Å². The lowest BCUT2D eigenvalue weighted by atomic mass is 10.1. The van der Waals surface area contributed by atoms with Gasteiger partial charge in [-0.2, -0.15) is 4.31 Å². The summed E-state index contributed by atoms with van der Waals surface area (Å²) in [6, 6.07) is 4.77. The van der Waals surface area contributed by atoms with Crippen molar-refractivity contribution in [1.29, 1.82) is 0 Å². The van der Waals surface area contributed by atoms with E-state index in [0.29, 0.717) is 29.7 Å². The number of amides is 1. The Labute approximate surface area is 180 Å². The number of sulfonamides is 1. The van der Waals surface area contributed by atoms with Crippen molar-refractivity contribution >= 4 is 44.2 Å². The Balaban J connectivity index is 1.76. The number of nitrogens with zero attached hydrogens (tertiary/aromatic N) is 3. The molecule has 0 spiro atoms. The van der Waals surface area contributed by atoms with E-state index in [9.17, 15) is 13.2 Å². The summed E-state index contributed by atoms with van der Waals surface area (Å²) in [6.07, 6.45) is 2.78. The number of carbonyl (C=O) groups excluding carboxylic acids is 1. The first kappa shape index (κ1) is 22.2. The SMILES string of the molecule is Cc1ccc(C(=O)Nc2nnc(SCC(C)C)s2)cc1S(=O)(=O)N1CCCCC1. The van der Waals surface area contributed by atoms with E-state index in [4.69, 9.17) is 0 Å². The maximum absolute atomic E-state index is 13.0. The van der Waals surface area contributed by atoms with Gasteiger partial charge in [-0.1, -0.05) is 49.4 Å². The highest BCUT2D eigenvalue weighted by Gasteiger charge is 2.28. The largest absolute Gasteiger partial charge is 0.296 e. The molecule has 1 aliphatic heterocycles. The lowest BCUT2D eigenvalue weighted by Crippen LogP contribution is -2.36. The van der Waals surface area contributed by atoms with Gasteiger partial charge in [0.15, 0.2) is 4.34 Å². The molecule has 1 aromatic carbocycles. The average Bonchev–Trinajstić information content (AvgIpc) is 3.14. The summed E-state index contributed by atoms with van der Waals surface area (Å²) in [5.41, 5.74) is 0.924. The van der Waals surface area contributed by atoms with Gasteiger partial charge in [0.1, 0.15) is 0 Å². The molecular formula is C19H26N4O3S3. The molecule has 0 unspecified atom stereocenters. The fraction of sp³-hybridized carbons (Fsp3) is 0.526. The fourth-order valence-corrected chi connectivity index (χ4v) is 6.48. The summed E-state index contributed by atoms with van der Waals surface area (Å²) >= 11 is 2.92. The second kappa shape index (κ2) is 9.55. The predicted octanol–water partition coefficient (Wildman–Crippen LogP) is 4.02. The van der Waals surface area contributed by atoms with E-state index in [1.807, 2.05) is 0 Å². The third-order valence-corrected chi connectivity index (χ3v) is 8.99. The third kappa shape index (κ3) is 5.56. The summed E-state index contributed by atoms with van der Waals surface area (Å²) in [5.74, 6) is 1.07. The Kier molecular flexibility index (Phi) is 7.31. The number of aryl methyl sites for hydroxylation is 1. The van der Waals surface area contributed by atoms with Crippen LogP contribution in [0.3, 0.4) is 0 Å². The number of hydrogen-bond acceptors (Lipinski definition) is 7. The molecule has 10 heteroatoms. The van der Waals surface area contributed by atoms with Crippen molar-refractivity contribution in [3.63, 3.8) is 0 Å². The Morgan fingerprint density at radius 2 is 1.97 bits per heavy atom. The van der Waals surface area contributed by atoms with Crippen molar-refractivity contribution < 1.29 is 13.2 Å². The molecule has 1 aromatic heterocycles. The van der Waals surface area contributed by atoms with Crippen LogP contribution in [-0.2, 0) is 10.0 Å². The molecule has 0 atom stereocenters. The zero-order valence-corrected chi connectivity index (χ0v) is 19.3. The number of thioether (sulfide) groups is 1. The molecule has 1 aliphatic rings. The molecule has 2 heterocycles. The first-order valence-corrected chi connectivity index (χ1v) is 12.9. The van der Waals surface area contributed by atoms with Crippen LogP contribution in [0.5, 0.6) is 0 Å². The summed E-state index contributed by atoms with van der Waals surface area (Å²) < 4.78 is 28.4. The Morgan fingerprint density at radius 3 is 2.66 bits per heavy atom. The standard InChI is InChI=1S/C19H26N4O3S3/c1-13(2)12-27-19-22-21-18(28-19)20-17(24)15-8-7-14(3)16(11-15)29(25,26)23-9-5-4-6-10-23/h7-8,11,13H,4-6,9-10,12H2,1-3H3,(H,20,21,24). The summed E-state index contributed by atoms with van der Waals surface area (Å²) in [5, 5.41) is 11.2. The molecule has 0 bridgehead atoms. The quantitative estimate of drug-likeness (QED) is 0.502. The van der Waals surface area contributed by atoms with Gasteiger partial charge in [-0.3, -0.25) is 10.1 Å². The first-order valence-electron chi connectivity index (χ1n) is 9.66. The van der Waals surface area contributed by atoms with Gasteiger partial charge in [0.05, 0.1) is 4.90 Å². The smallest absolute Gasteiger partial charge is 0.257 e. The van der Waals surface area contributed by atoms with Crippen LogP contribution in [0, 0.1) is 12.8 Å². The molecule has 3 rings (SSSR count). The highest BCUT2D eigenvalue weighted by atomic mass is 32.2. The molecule has 1 amide bonds. The third-order valence-electron chi connectivity index (χ3n) is 4.55. The summed E-state index contributed by atoms with van der Waals surface area (Å²) in [7, 11) is -3.61. The van der Waals surface area contributed by atoms with E-state index < -0.39 is 15.9 Å². The molecule has 7 nitrogen and oxygen atoms in total. The minimum absolute atomic E-state index is 0.192. The normalized spacial score (nSPS) is 15.6. The lowest BCUT2D eigenvalue weighted by molar-refractivity contribution is 0.102. The van der Waals surface area contributed by atoms with E-state index in [-0.39, 0.29) is 10.5 Å². The van der Waals surface area contributed by atoms with E-state index in [1.165, 1.54) is 21.7 Å². The summed E-state index contributed by atoms with van der Waals surface area (Å²) in [6.45, 7) is 7.06. The minimum Gasteiger partial charge on any atom is -0.296 e. The molecule has 0 saturated carbocycles. The highest BCUT2D eigenvalue weighted by molar-refractivity contribution is 8.01. The van der Waals surface area contributed by atoms with Gasteiger partial charge in [0.25, 0.3) is 5.91 Å². The zero-order valence-electron chi connectivity index (χ0n) is 16.8. The Hall–Kier alpha value is -1.49. The van der Waals surface area contributed by atoms with Crippen LogP contribution in [0.25, 0.3) is 0 Å². The number of hydrogen-bond donors (Lipinski definition) is 1. The van der Waals surface area contributed by atoms with Crippen molar-refractivity contribution in [2.45, 2.75) is 49.3 Å². The highest BCUT2D eigenvalue weighted by Crippen LogP contribution is 2.28.